The molecule has 0 aromatic carbocycles. The van der Waals surface area contributed by atoms with Crippen molar-refractivity contribution in [2.45, 2.75) is 38.0 Å². The zero-order valence-corrected chi connectivity index (χ0v) is 9.19. The molecule has 0 saturated carbocycles. The van der Waals surface area contributed by atoms with Gasteiger partial charge in [-0.1, -0.05) is 6.92 Å². The number of thioether (sulfide) groups is 1. The molecule has 0 spiro atoms. The molecule has 12 heavy (non-hydrogen) atoms. The molecule has 0 aromatic rings. The summed E-state index contributed by atoms with van der Waals surface area (Å²) in [6.07, 6.45) is 2.25. The van der Waals surface area contributed by atoms with Crippen molar-refractivity contribution < 1.29 is 4.74 Å². The van der Waals surface area contributed by atoms with E-state index in [0.29, 0.717) is 11.3 Å². The van der Waals surface area contributed by atoms with Crippen LogP contribution in [0.15, 0.2) is 0 Å². The first-order chi connectivity index (χ1) is 5.66. The van der Waals surface area contributed by atoms with Crippen LogP contribution < -0.4 is 5.73 Å². The van der Waals surface area contributed by atoms with Gasteiger partial charge in [0, 0.05) is 25.0 Å². The van der Waals surface area contributed by atoms with Crippen molar-refractivity contribution in [3.05, 3.63) is 0 Å². The lowest BCUT2D eigenvalue weighted by atomic mass is 10.3. The van der Waals surface area contributed by atoms with Gasteiger partial charge in [0.05, 0.1) is 0 Å². The highest BCUT2D eigenvalue weighted by atomic mass is 32.2. The number of nitrogens with two attached hydrogens (primary N) is 1. The zero-order valence-electron chi connectivity index (χ0n) is 8.38. The molecule has 3 heteroatoms. The molecule has 2 nitrogen and oxygen atoms in total. The SMILES string of the molecule is COCCC(C)SCCC(C)N. The molecule has 2 unspecified atom stereocenters. The highest BCUT2D eigenvalue weighted by Gasteiger charge is 2.02. The monoisotopic (exact) mass is 191 g/mol. The van der Waals surface area contributed by atoms with Crippen LogP contribution in [0.1, 0.15) is 26.7 Å². The Balaban J connectivity index is 3.13. The predicted molar refractivity (Wildman–Crippen MR) is 56.7 cm³/mol. The Kier molecular flexibility index (Phi) is 8.07. The molecule has 0 aliphatic rings. The van der Waals surface area contributed by atoms with Gasteiger partial charge in [0.1, 0.15) is 0 Å². The van der Waals surface area contributed by atoms with Crippen LogP contribution in [-0.4, -0.2) is 30.8 Å². The molecule has 0 rings (SSSR count). The highest BCUT2D eigenvalue weighted by molar-refractivity contribution is 7.99. The predicted octanol–water partition coefficient (Wildman–Crippen LogP) is 1.88. The first kappa shape index (κ1) is 12.3. The summed E-state index contributed by atoms with van der Waals surface area (Å²) < 4.78 is 5.00. The number of rotatable bonds is 7. The fourth-order valence-electron chi connectivity index (χ4n) is 0.822. The van der Waals surface area contributed by atoms with Gasteiger partial charge >= 0.3 is 0 Å². The van der Waals surface area contributed by atoms with Gasteiger partial charge in [-0.2, -0.15) is 11.8 Å². The van der Waals surface area contributed by atoms with E-state index in [0.717, 1.165) is 19.4 Å². The molecule has 0 amide bonds. The third kappa shape index (κ3) is 8.37. The topological polar surface area (TPSA) is 35.2 Å². The zero-order chi connectivity index (χ0) is 9.40. The summed E-state index contributed by atoms with van der Waals surface area (Å²) in [4.78, 5) is 0. The van der Waals surface area contributed by atoms with E-state index in [9.17, 15) is 0 Å². The normalized spacial score (nSPS) is 16.0. The molecule has 0 saturated heterocycles. The van der Waals surface area contributed by atoms with Crippen LogP contribution in [0.4, 0.5) is 0 Å². The van der Waals surface area contributed by atoms with Crippen LogP contribution in [0, 0.1) is 0 Å². The first-order valence-electron chi connectivity index (χ1n) is 4.53. The van der Waals surface area contributed by atoms with Crippen LogP contribution in [0.2, 0.25) is 0 Å². The van der Waals surface area contributed by atoms with Gasteiger partial charge in [-0.3, -0.25) is 0 Å². The summed E-state index contributed by atoms with van der Waals surface area (Å²) in [6.45, 7) is 5.16. The van der Waals surface area contributed by atoms with Crippen molar-refractivity contribution in [3.8, 4) is 0 Å². The van der Waals surface area contributed by atoms with E-state index in [-0.39, 0.29) is 0 Å². The third-order valence-electron chi connectivity index (χ3n) is 1.70. The van der Waals surface area contributed by atoms with Crippen molar-refractivity contribution in [1.82, 2.24) is 0 Å². The Morgan fingerprint density at radius 3 is 2.50 bits per heavy atom. The molecule has 0 bridgehead atoms. The van der Waals surface area contributed by atoms with Gasteiger partial charge in [-0.05, 0) is 25.5 Å². The molecule has 0 heterocycles. The van der Waals surface area contributed by atoms with Crippen molar-refractivity contribution in [2.24, 2.45) is 5.73 Å². The molecule has 0 fully saturated rings. The fraction of sp³-hybridized carbons (Fsp3) is 1.00. The van der Waals surface area contributed by atoms with Gasteiger partial charge in [0.25, 0.3) is 0 Å². The number of hydrogen-bond donors (Lipinski definition) is 1. The van der Waals surface area contributed by atoms with Crippen molar-refractivity contribution in [3.63, 3.8) is 0 Å². The second kappa shape index (κ2) is 7.90. The van der Waals surface area contributed by atoms with Crippen LogP contribution >= 0.6 is 11.8 Å². The Labute approximate surface area is 80.2 Å². The Bertz CT molecular complexity index is 98.5. The molecule has 2 atom stereocenters. The van der Waals surface area contributed by atoms with Crippen LogP contribution in [-0.2, 0) is 4.74 Å². The third-order valence-corrected chi connectivity index (χ3v) is 2.98. The van der Waals surface area contributed by atoms with E-state index in [1.54, 1.807) is 7.11 Å². The number of methoxy groups -OCH3 is 1. The van der Waals surface area contributed by atoms with E-state index in [2.05, 4.69) is 13.8 Å². The van der Waals surface area contributed by atoms with Crippen molar-refractivity contribution in [1.29, 1.82) is 0 Å². The summed E-state index contributed by atoms with van der Waals surface area (Å²) >= 11 is 1.98. The highest BCUT2D eigenvalue weighted by Crippen LogP contribution is 2.15. The van der Waals surface area contributed by atoms with Gasteiger partial charge in [0.2, 0.25) is 0 Å². The maximum atomic E-state index is 5.64. The van der Waals surface area contributed by atoms with Gasteiger partial charge in [-0.25, -0.2) is 0 Å². The molecule has 74 valence electrons. The van der Waals surface area contributed by atoms with E-state index >= 15 is 0 Å². The van der Waals surface area contributed by atoms with Crippen LogP contribution in [0.5, 0.6) is 0 Å². The summed E-state index contributed by atoms with van der Waals surface area (Å²) in [7, 11) is 1.75. The number of ether oxygens (including phenoxy) is 1. The fourth-order valence-corrected chi connectivity index (χ4v) is 2.00. The Morgan fingerprint density at radius 1 is 1.33 bits per heavy atom. The maximum absolute atomic E-state index is 5.64. The van der Waals surface area contributed by atoms with E-state index in [1.807, 2.05) is 11.8 Å². The van der Waals surface area contributed by atoms with Gasteiger partial charge in [0.15, 0.2) is 0 Å². The number of hydrogen-bond acceptors (Lipinski definition) is 3. The molecule has 2 N–H and O–H groups in total. The van der Waals surface area contributed by atoms with Crippen LogP contribution in [0.3, 0.4) is 0 Å². The quantitative estimate of drug-likeness (QED) is 0.667. The van der Waals surface area contributed by atoms with E-state index in [4.69, 9.17) is 10.5 Å². The summed E-state index contributed by atoms with van der Waals surface area (Å²) in [5.74, 6) is 1.17. The minimum absolute atomic E-state index is 0.340. The second-order valence-electron chi connectivity index (χ2n) is 3.23. The molecule has 0 aliphatic heterocycles. The summed E-state index contributed by atoms with van der Waals surface area (Å²) in [5, 5.41) is 0.698. The Hall–Kier alpha value is 0.270. The van der Waals surface area contributed by atoms with Crippen LogP contribution in [0.25, 0.3) is 0 Å². The average Bonchev–Trinajstić information content (AvgIpc) is 2.00. The van der Waals surface area contributed by atoms with Gasteiger partial charge < -0.3 is 10.5 Å². The first-order valence-corrected chi connectivity index (χ1v) is 5.57. The van der Waals surface area contributed by atoms with E-state index < -0.39 is 0 Å². The molecular formula is C9H21NOS. The minimum atomic E-state index is 0.340. The lowest BCUT2D eigenvalue weighted by molar-refractivity contribution is 0.195. The average molecular weight is 191 g/mol. The summed E-state index contributed by atoms with van der Waals surface area (Å²) in [5.41, 5.74) is 5.64. The maximum Gasteiger partial charge on any atom is 0.0472 e. The molecule has 0 radical (unpaired) electrons. The summed E-state index contributed by atoms with van der Waals surface area (Å²) in [6, 6.07) is 0.340. The van der Waals surface area contributed by atoms with E-state index in [1.165, 1.54) is 5.75 Å². The lowest BCUT2D eigenvalue weighted by Crippen LogP contribution is -2.16. The van der Waals surface area contributed by atoms with Crippen molar-refractivity contribution in [2.75, 3.05) is 19.5 Å². The smallest absolute Gasteiger partial charge is 0.0472 e. The lowest BCUT2D eigenvalue weighted by Gasteiger charge is -2.11. The standard InChI is InChI=1S/C9H21NOS/c1-8(10)5-7-12-9(2)4-6-11-3/h8-9H,4-7,10H2,1-3H3. The van der Waals surface area contributed by atoms with Gasteiger partial charge in [-0.15, -0.1) is 0 Å². The Morgan fingerprint density at radius 2 is 2.00 bits per heavy atom. The minimum Gasteiger partial charge on any atom is -0.385 e. The molecule has 0 aliphatic carbocycles. The second-order valence-corrected chi connectivity index (χ2v) is 4.78. The molecular weight excluding hydrogens is 170 g/mol. The largest absolute Gasteiger partial charge is 0.385 e. The molecule has 0 aromatic heterocycles. The van der Waals surface area contributed by atoms with Crippen molar-refractivity contribution >= 4 is 11.8 Å².